The summed E-state index contributed by atoms with van der Waals surface area (Å²) in [7, 11) is 0. The van der Waals surface area contributed by atoms with Gasteiger partial charge in [0.1, 0.15) is 0 Å². The summed E-state index contributed by atoms with van der Waals surface area (Å²) in [6, 6.07) is 7.29. The van der Waals surface area contributed by atoms with Gasteiger partial charge in [0.15, 0.2) is 0 Å². The van der Waals surface area contributed by atoms with Gasteiger partial charge in [0, 0.05) is 35.2 Å². The number of halogens is 1. The third-order valence-electron chi connectivity index (χ3n) is 3.35. The second kappa shape index (κ2) is 5.51. The van der Waals surface area contributed by atoms with Gasteiger partial charge in [-0.05, 0) is 37.1 Å². The van der Waals surface area contributed by atoms with Crippen molar-refractivity contribution in [1.82, 2.24) is 0 Å². The van der Waals surface area contributed by atoms with Crippen molar-refractivity contribution in [1.29, 1.82) is 0 Å². The fourth-order valence-corrected chi connectivity index (χ4v) is 2.07. The Morgan fingerprint density at radius 3 is 2.42 bits per heavy atom. The van der Waals surface area contributed by atoms with Gasteiger partial charge in [-0.25, -0.2) is 0 Å². The minimum atomic E-state index is -0.315. The van der Waals surface area contributed by atoms with E-state index in [4.69, 9.17) is 11.6 Å². The minimum Gasteiger partial charge on any atom is -0.396 e. The summed E-state index contributed by atoms with van der Waals surface area (Å²) in [5.74, 6) is 0.314. The molecule has 1 fully saturated rings. The van der Waals surface area contributed by atoms with Crippen LogP contribution >= 0.6 is 11.6 Å². The predicted octanol–water partition coefficient (Wildman–Crippen LogP) is 3.10. The summed E-state index contributed by atoms with van der Waals surface area (Å²) >= 11 is 5.89. The molecular weight excluding hydrogens is 262 g/mol. The molecule has 19 heavy (non-hydrogen) atoms. The molecule has 4 heteroatoms. The fraction of sp³-hybridized carbons (Fsp3) is 0.533. The number of carbonyl (C=O) groups is 1. The number of nitrogens with zero attached hydrogens (tertiary/aromatic N) is 1. The molecule has 1 amide bonds. The van der Waals surface area contributed by atoms with Crippen LogP contribution in [0.15, 0.2) is 24.3 Å². The SMILES string of the molecule is CC(C)(CO)CN(C(=O)C1CC1)c1ccc(Cl)cc1. The number of carbonyl (C=O) groups excluding carboxylic acids is 1. The van der Waals surface area contributed by atoms with Crippen LogP contribution in [0.5, 0.6) is 0 Å². The van der Waals surface area contributed by atoms with E-state index in [2.05, 4.69) is 0 Å². The average Bonchev–Trinajstić information content (AvgIpc) is 3.21. The number of benzene rings is 1. The molecule has 0 heterocycles. The molecule has 0 radical (unpaired) electrons. The Hall–Kier alpha value is -1.06. The van der Waals surface area contributed by atoms with Crippen LogP contribution in [0.25, 0.3) is 0 Å². The molecule has 0 atom stereocenters. The predicted molar refractivity (Wildman–Crippen MR) is 77.4 cm³/mol. The van der Waals surface area contributed by atoms with Gasteiger partial charge in [0.2, 0.25) is 5.91 Å². The second-order valence-electron chi connectivity index (χ2n) is 6.00. The highest BCUT2D eigenvalue weighted by Gasteiger charge is 2.36. The summed E-state index contributed by atoms with van der Waals surface area (Å²) in [6.07, 6.45) is 1.95. The Morgan fingerprint density at radius 1 is 1.37 bits per heavy atom. The van der Waals surface area contributed by atoms with Crippen LogP contribution in [0.2, 0.25) is 5.02 Å². The maximum atomic E-state index is 12.4. The summed E-state index contributed by atoms with van der Waals surface area (Å²) in [5.41, 5.74) is 0.535. The highest BCUT2D eigenvalue weighted by atomic mass is 35.5. The molecule has 0 unspecified atom stereocenters. The molecule has 1 aliphatic carbocycles. The smallest absolute Gasteiger partial charge is 0.230 e. The third-order valence-corrected chi connectivity index (χ3v) is 3.60. The lowest BCUT2D eigenvalue weighted by Gasteiger charge is -2.31. The van der Waals surface area contributed by atoms with Crippen molar-refractivity contribution in [2.24, 2.45) is 11.3 Å². The van der Waals surface area contributed by atoms with Crippen molar-refractivity contribution in [3.63, 3.8) is 0 Å². The number of hydrogen-bond acceptors (Lipinski definition) is 2. The standard InChI is InChI=1S/C15H20ClNO2/c1-15(2,10-18)9-17(14(19)11-3-4-11)13-7-5-12(16)6-8-13/h5-8,11,18H,3-4,9-10H2,1-2H3. The van der Waals surface area contributed by atoms with E-state index in [1.165, 1.54) is 0 Å². The normalized spacial score (nSPS) is 15.4. The topological polar surface area (TPSA) is 40.5 Å². The molecule has 3 nitrogen and oxygen atoms in total. The Balaban J connectivity index is 2.23. The van der Waals surface area contributed by atoms with Crippen LogP contribution < -0.4 is 4.90 Å². The molecule has 104 valence electrons. The molecule has 1 aromatic carbocycles. The number of hydrogen-bond donors (Lipinski definition) is 1. The van der Waals surface area contributed by atoms with Gasteiger partial charge in [-0.1, -0.05) is 25.4 Å². The van der Waals surface area contributed by atoms with Crippen molar-refractivity contribution >= 4 is 23.2 Å². The van der Waals surface area contributed by atoms with Gasteiger partial charge in [-0.2, -0.15) is 0 Å². The van der Waals surface area contributed by atoms with Crippen molar-refractivity contribution in [3.8, 4) is 0 Å². The lowest BCUT2D eigenvalue weighted by molar-refractivity contribution is -0.120. The lowest BCUT2D eigenvalue weighted by atomic mass is 9.93. The Kier molecular flexibility index (Phi) is 4.16. The highest BCUT2D eigenvalue weighted by molar-refractivity contribution is 6.30. The summed E-state index contributed by atoms with van der Waals surface area (Å²) in [4.78, 5) is 14.2. The summed E-state index contributed by atoms with van der Waals surface area (Å²) in [6.45, 7) is 4.47. The van der Waals surface area contributed by atoms with E-state index in [0.29, 0.717) is 11.6 Å². The lowest BCUT2D eigenvalue weighted by Crippen LogP contribution is -2.41. The maximum Gasteiger partial charge on any atom is 0.230 e. The third kappa shape index (κ3) is 3.71. The molecule has 0 aliphatic heterocycles. The molecule has 1 aromatic rings. The molecule has 0 aromatic heterocycles. The Labute approximate surface area is 119 Å². The van der Waals surface area contributed by atoms with Crippen LogP contribution in [0, 0.1) is 11.3 Å². The molecule has 1 aliphatic rings. The van der Waals surface area contributed by atoms with Crippen molar-refractivity contribution in [2.45, 2.75) is 26.7 Å². The van der Waals surface area contributed by atoms with Gasteiger partial charge in [-0.3, -0.25) is 4.79 Å². The molecule has 0 bridgehead atoms. The van der Waals surface area contributed by atoms with Crippen LogP contribution in [0.1, 0.15) is 26.7 Å². The van der Waals surface area contributed by atoms with Crippen LogP contribution in [-0.4, -0.2) is 24.2 Å². The van der Waals surface area contributed by atoms with Crippen LogP contribution in [-0.2, 0) is 4.79 Å². The number of anilines is 1. The number of rotatable bonds is 5. The van der Waals surface area contributed by atoms with E-state index in [-0.39, 0.29) is 23.8 Å². The minimum absolute atomic E-state index is 0.0506. The van der Waals surface area contributed by atoms with E-state index in [9.17, 15) is 9.90 Å². The van der Waals surface area contributed by atoms with E-state index in [1.54, 1.807) is 17.0 Å². The second-order valence-corrected chi connectivity index (χ2v) is 6.43. The van der Waals surface area contributed by atoms with Crippen LogP contribution in [0.4, 0.5) is 5.69 Å². The van der Waals surface area contributed by atoms with Gasteiger partial charge < -0.3 is 10.0 Å². The maximum absolute atomic E-state index is 12.4. The number of aliphatic hydroxyl groups excluding tert-OH is 1. The fourth-order valence-electron chi connectivity index (χ4n) is 1.95. The first-order valence-electron chi connectivity index (χ1n) is 6.61. The van der Waals surface area contributed by atoms with Gasteiger partial charge in [0.05, 0.1) is 0 Å². The Bertz CT molecular complexity index is 452. The van der Waals surface area contributed by atoms with E-state index < -0.39 is 0 Å². The van der Waals surface area contributed by atoms with E-state index >= 15 is 0 Å². The average molecular weight is 282 g/mol. The molecule has 0 spiro atoms. The monoisotopic (exact) mass is 281 g/mol. The molecule has 0 saturated heterocycles. The first-order valence-corrected chi connectivity index (χ1v) is 6.98. The summed E-state index contributed by atoms with van der Waals surface area (Å²) < 4.78 is 0. The number of amides is 1. The zero-order chi connectivity index (χ0) is 14.0. The molecular formula is C15H20ClNO2. The largest absolute Gasteiger partial charge is 0.396 e. The summed E-state index contributed by atoms with van der Waals surface area (Å²) in [5, 5.41) is 10.1. The van der Waals surface area contributed by atoms with Crippen molar-refractivity contribution in [2.75, 3.05) is 18.1 Å². The first kappa shape index (κ1) is 14.4. The van der Waals surface area contributed by atoms with Crippen LogP contribution in [0.3, 0.4) is 0 Å². The highest BCUT2D eigenvalue weighted by Crippen LogP contribution is 2.34. The van der Waals surface area contributed by atoms with Gasteiger partial charge in [0.25, 0.3) is 0 Å². The molecule has 1 saturated carbocycles. The molecule has 1 N–H and O–H groups in total. The Morgan fingerprint density at radius 2 is 1.95 bits per heavy atom. The zero-order valence-corrected chi connectivity index (χ0v) is 12.2. The zero-order valence-electron chi connectivity index (χ0n) is 11.4. The van der Waals surface area contributed by atoms with Gasteiger partial charge in [-0.15, -0.1) is 0 Å². The van der Waals surface area contributed by atoms with E-state index in [1.807, 2.05) is 26.0 Å². The quantitative estimate of drug-likeness (QED) is 0.901. The first-order chi connectivity index (χ1) is 8.93. The molecule has 2 rings (SSSR count). The number of aliphatic hydroxyl groups is 1. The van der Waals surface area contributed by atoms with Gasteiger partial charge >= 0.3 is 0 Å². The van der Waals surface area contributed by atoms with Crippen molar-refractivity contribution in [3.05, 3.63) is 29.3 Å². The van der Waals surface area contributed by atoms with Crippen molar-refractivity contribution < 1.29 is 9.90 Å². The van der Waals surface area contributed by atoms with E-state index in [0.717, 1.165) is 18.5 Å².